The topological polar surface area (TPSA) is 35.2 Å². The predicted molar refractivity (Wildman–Crippen MR) is 99.5 cm³/mol. The lowest BCUT2D eigenvalue weighted by molar-refractivity contribution is 0.153. The minimum Gasteiger partial charge on any atom is -0.382 e. The fourth-order valence-electron chi connectivity index (χ4n) is 3.46. The molecule has 1 aromatic carbocycles. The Balaban J connectivity index is 1.81. The second-order valence-electron chi connectivity index (χ2n) is 7.05. The minimum absolute atomic E-state index is 0.277. The molecule has 0 heterocycles. The minimum atomic E-state index is -0.277. The van der Waals surface area contributed by atoms with E-state index in [0.717, 1.165) is 12.8 Å². The molecule has 1 aromatic rings. The highest BCUT2D eigenvalue weighted by Crippen LogP contribution is 2.33. The Labute approximate surface area is 142 Å². The molecule has 0 saturated carbocycles. The molecular formula is C21H33NO. The van der Waals surface area contributed by atoms with Crippen LogP contribution in [0, 0.1) is 0 Å². The third-order valence-electron chi connectivity index (χ3n) is 4.88. The molecule has 0 fully saturated rings. The quantitative estimate of drug-likeness (QED) is 0.609. The average molecular weight is 316 g/mol. The molecule has 0 saturated heterocycles. The molecule has 0 radical (unpaired) electrons. The van der Waals surface area contributed by atoms with Gasteiger partial charge in [0.2, 0.25) is 0 Å². The van der Waals surface area contributed by atoms with E-state index in [-0.39, 0.29) is 5.54 Å². The first kappa shape index (κ1) is 18.2. The van der Waals surface area contributed by atoms with E-state index in [4.69, 9.17) is 10.5 Å². The van der Waals surface area contributed by atoms with Gasteiger partial charge in [0.15, 0.2) is 0 Å². The number of ether oxygens (including phenoxy) is 1. The number of nitrogens with two attached hydrogens (primary N) is 1. The van der Waals surface area contributed by atoms with Crippen LogP contribution in [-0.2, 0) is 11.2 Å². The predicted octanol–water partition coefficient (Wildman–Crippen LogP) is 5.11. The Kier molecular flexibility index (Phi) is 7.32. The van der Waals surface area contributed by atoms with Gasteiger partial charge in [-0.1, -0.05) is 69.4 Å². The van der Waals surface area contributed by atoms with E-state index in [2.05, 4.69) is 37.3 Å². The van der Waals surface area contributed by atoms with E-state index in [9.17, 15) is 0 Å². The Bertz CT molecular complexity index is 491. The van der Waals surface area contributed by atoms with Gasteiger partial charge in [-0.05, 0) is 42.4 Å². The van der Waals surface area contributed by atoms with Crippen LogP contribution in [0.25, 0.3) is 5.57 Å². The first-order valence-corrected chi connectivity index (χ1v) is 9.26. The maximum atomic E-state index is 6.34. The van der Waals surface area contributed by atoms with Crippen LogP contribution >= 0.6 is 0 Å². The van der Waals surface area contributed by atoms with Crippen molar-refractivity contribution < 1.29 is 4.74 Å². The first-order chi connectivity index (χ1) is 11.2. The summed E-state index contributed by atoms with van der Waals surface area (Å²) in [5, 5.41) is 0. The van der Waals surface area contributed by atoms with Crippen LogP contribution in [0.1, 0.15) is 69.4 Å². The van der Waals surface area contributed by atoms with Crippen LogP contribution in [0.15, 0.2) is 30.3 Å². The van der Waals surface area contributed by atoms with Gasteiger partial charge in [-0.3, -0.25) is 0 Å². The van der Waals surface area contributed by atoms with Crippen LogP contribution in [-0.4, -0.2) is 19.3 Å². The molecule has 2 rings (SSSR count). The van der Waals surface area contributed by atoms with Crippen LogP contribution < -0.4 is 5.73 Å². The van der Waals surface area contributed by atoms with Gasteiger partial charge < -0.3 is 10.5 Å². The van der Waals surface area contributed by atoms with Crippen molar-refractivity contribution in [2.75, 3.05) is 13.7 Å². The lowest BCUT2D eigenvalue weighted by Gasteiger charge is -2.19. The molecule has 23 heavy (non-hydrogen) atoms. The molecule has 1 unspecified atom stereocenters. The van der Waals surface area contributed by atoms with E-state index >= 15 is 0 Å². The summed E-state index contributed by atoms with van der Waals surface area (Å²) in [6.45, 7) is 2.87. The number of aryl methyl sites for hydroxylation is 1. The summed E-state index contributed by atoms with van der Waals surface area (Å²) < 4.78 is 5.24. The normalized spacial score (nSPS) is 20.7. The summed E-state index contributed by atoms with van der Waals surface area (Å²) in [5.74, 6) is 0. The van der Waals surface area contributed by atoms with Crippen LogP contribution in [0.5, 0.6) is 0 Å². The number of unbranched alkanes of at least 4 members (excludes halogenated alkanes) is 5. The van der Waals surface area contributed by atoms with Gasteiger partial charge in [0.1, 0.15) is 0 Å². The largest absolute Gasteiger partial charge is 0.382 e. The number of allylic oxidation sites excluding steroid dienone is 1. The van der Waals surface area contributed by atoms with Crippen molar-refractivity contribution in [2.45, 2.75) is 70.3 Å². The number of hydrogen-bond acceptors (Lipinski definition) is 2. The van der Waals surface area contributed by atoms with E-state index in [1.807, 2.05) is 0 Å². The van der Waals surface area contributed by atoms with Crippen molar-refractivity contribution in [2.24, 2.45) is 5.73 Å². The van der Waals surface area contributed by atoms with Crippen molar-refractivity contribution >= 4 is 5.57 Å². The van der Waals surface area contributed by atoms with Gasteiger partial charge in [0, 0.05) is 7.11 Å². The second kappa shape index (κ2) is 9.24. The van der Waals surface area contributed by atoms with E-state index in [1.54, 1.807) is 7.11 Å². The molecule has 2 N–H and O–H groups in total. The van der Waals surface area contributed by atoms with Gasteiger partial charge in [-0.15, -0.1) is 0 Å². The maximum Gasteiger partial charge on any atom is 0.0678 e. The molecule has 128 valence electrons. The van der Waals surface area contributed by atoms with Crippen molar-refractivity contribution in [1.29, 1.82) is 0 Å². The van der Waals surface area contributed by atoms with Gasteiger partial charge in [-0.2, -0.15) is 0 Å². The van der Waals surface area contributed by atoms with Crippen molar-refractivity contribution in [1.82, 2.24) is 0 Å². The van der Waals surface area contributed by atoms with E-state index < -0.39 is 0 Å². The molecule has 2 heteroatoms. The zero-order chi connectivity index (χ0) is 16.5. The summed E-state index contributed by atoms with van der Waals surface area (Å²) >= 11 is 0. The van der Waals surface area contributed by atoms with Gasteiger partial charge in [-0.25, -0.2) is 0 Å². The number of methoxy groups -OCH3 is 1. The fraction of sp³-hybridized carbons (Fsp3) is 0.619. The van der Waals surface area contributed by atoms with Crippen LogP contribution in [0.4, 0.5) is 0 Å². The molecule has 1 aliphatic rings. The Hall–Kier alpha value is -1.12. The Morgan fingerprint density at radius 1 is 1.04 bits per heavy atom. The number of rotatable bonds is 10. The molecule has 0 bridgehead atoms. The maximum absolute atomic E-state index is 6.34. The molecule has 0 spiro atoms. The molecule has 1 aliphatic carbocycles. The SMILES string of the molecule is CCCCCCCCc1ccc(C2=CC(N)(COC)CC2)cc1. The summed E-state index contributed by atoms with van der Waals surface area (Å²) in [6.07, 6.45) is 13.6. The molecule has 0 aromatic heterocycles. The molecular weight excluding hydrogens is 282 g/mol. The summed E-state index contributed by atoms with van der Waals surface area (Å²) in [5.41, 5.74) is 10.2. The van der Waals surface area contributed by atoms with Crippen molar-refractivity contribution in [3.63, 3.8) is 0 Å². The molecule has 0 amide bonds. The summed E-state index contributed by atoms with van der Waals surface area (Å²) in [4.78, 5) is 0. The number of hydrogen-bond donors (Lipinski definition) is 1. The van der Waals surface area contributed by atoms with Crippen LogP contribution in [0.3, 0.4) is 0 Å². The zero-order valence-electron chi connectivity index (χ0n) is 14.9. The standard InChI is InChI=1S/C21H33NO/c1-3-4-5-6-7-8-9-18-10-12-19(13-11-18)20-14-15-21(22,16-20)17-23-2/h10-13,16H,3-9,14-15,17,22H2,1-2H3. The highest BCUT2D eigenvalue weighted by molar-refractivity contribution is 5.69. The van der Waals surface area contributed by atoms with Gasteiger partial charge >= 0.3 is 0 Å². The highest BCUT2D eigenvalue weighted by atomic mass is 16.5. The fourth-order valence-corrected chi connectivity index (χ4v) is 3.46. The molecule has 0 aliphatic heterocycles. The smallest absolute Gasteiger partial charge is 0.0678 e. The Morgan fingerprint density at radius 3 is 2.43 bits per heavy atom. The average Bonchev–Trinajstić information content (AvgIpc) is 2.94. The highest BCUT2D eigenvalue weighted by Gasteiger charge is 2.28. The van der Waals surface area contributed by atoms with Crippen molar-refractivity contribution in [3.8, 4) is 0 Å². The summed E-state index contributed by atoms with van der Waals surface area (Å²) in [6, 6.07) is 9.09. The van der Waals surface area contributed by atoms with E-state index in [1.165, 1.54) is 61.6 Å². The van der Waals surface area contributed by atoms with E-state index in [0.29, 0.717) is 6.61 Å². The third-order valence-corrected chi connectivity index (χ3v) is 4.88. The number of benzene rings is 1. The zero-order valence-corrected chi connectivity index (χ0v) is 14.9. The van der Waals surface area contributed by atoms with Gasteiger partial charge in [0.25, 0.3) is 0 Å². The third kappa shape index (κ3) is 5.78. The second-order valence-corrected chi connectivity index (χ2v) is 7.05. The van der Waals surface area contributed by atoms with Gasteiger partial charge in [0.05, 0.1) is 12.1 Å². The Morgan fingerprint density at radius 2 is 1.74 bits per heavy atom. The first-order valence-electron chi connectivity index (χ1n) is 9.26. The monoisotopic (exact) mass is 315 g/mol. The van der Waals surface area contributed by atoms with Crippen LogP contribution in [0.2, 0.25) is 0 Å². The van der Waals surface area contributed by atoms with Crippen molar-refractivity contribution in [3.05, 3.63) is 41.5 Å². The molecule has 2 nitrogen and oxygen atoms in total. The lowest BCUT2D eigenvalue weighted by Crippen LogP contribution is -2.40. The summed E-state index contributed by atoms with van der Waals surface area (Å²) in [7, 11) is 1.72. The lowest BCUT2D eigenvalue weighted by atomic mass is 10.0. The molecule has 1 atom stereocenters.